The summed E-state index contributed by atoms with van der Waals surface area (Å²) in [4.78, 5) is 7.27. The molecule has 0 saturated carbocycles. The number of aliphatic hydroxyl groups excluding tert-OH is 1. The quantitative estimate of drug-likeness (QED) is 0.277. The molecule has 0 amide bonds. The van der Waals surface area contributed by atoms with Crippen LogP contribution in [0.15, 0.2) is 67.0 Å². The molecule has 6 rings (SSSR count). The highest BCUT2D eigenvalue weighted by Crippen LogP contribution is 2.25. The highest BCUT2D eigenvalue weighted by atomic mass is 19.1. The third kappa shape index (κ3) is 5.38. The van der Waals surface area contributed by atoms with E-state index in [-0.39, 0.29) is 12.4 Å². The van der Waals surface area contributed by atoms with Crippen molar-refractivity contribution in [3.05, 3.63) is 84.2 Å². The van der Waals surface area contributed by atoms with Gasteiger partial charge in [0, 0.05) is 42.9 Å². The molecule has 1 fully saturated rings. The summed E-state index contributed by atoms with van der Waals surface area (Å²) in [6.07, 6.45) is 5.86. The van der Waals surface area contributed by atoms with Crippen molar-refractivity contribution in [1.82, 2.24) is 34.6 Å². The fraction of sp³-hybridized carbons (Fsp3) is 0.321. The summed E-state index contributed by atoms with van der Waals surface area (Å²) >= 11 is 0. The van der Waals surface area contributed by atoms with Crippen molar-refractivity contribution in [1.29, 1.82) is 0 Å². The molecule has 0 bridgehead atoms. The third-order valence-corrected chi connectivity index (χ3v) is 7.06. The standard InChI is InChI=1S/C28H31FN8O/c29-22-4-1-3-20(15-22)18-37-25-7-6-24(16-21(25)17-31-37)32-28-26-5-2-11-36(26)34-27(33-28)19-35-12-8-23(9-13-35)30-10-14-38/h1-7,11,15-17,23,30,38H,8-10,12-14,18-19H2,(H,32,33,34). The molecule has 38 heavy (non-hydrogen) atoms. The summed E-state index contributed by atoms with van der Waals surface area (Å²) in [5.74, 6) is 1.28. The third-order valence-electron chi connectivity index (χ3n) is 7.06. The van der Waals surface area contributed by atoms with Crippen LogP contribution in [0.4, 0.5) is 15.9 Å². The van der Waals surface area contributed by atoms with E-state index >= 15 is 0 Å². The first-order valence-corrected chi connectivity index (χ1v) is 13.0. The molecule has 3 N–H and O–H groups in total. The van der Waals surface area contributed by atoms with Crippen molar-refractivity contribution in [2.75, 3.05) is 31.6 Å². The first kappa shape index (κ1) is 24.5. The molecule has 0 radical (unpaired) electrons. The molecule has 1 aliphatic rings. The Morgan fingerprint density at radius 1 is 1.00 bits per heavy atom. The van der Waals surface area contributed by atoms with Gasteiger partial charge in [-0.3, -0.25) is 9.58 Å². The number of nitrogens with zero attached hydrogens (tertiary/aromatic N) is 6. The van der Waals surface area contributed by atoms with E-state index in [0.717, 1.165) is 65.2 Å². The van der Waals surface area contributed by atoms with E-state index in [0.29, 0.717) is 25.7 Å². The number of benzene rings is 2. The van der Waals surface area contributed by atoms with Crippen LogP contribution in [0.2, 0.25) is 0 Å². The van der Waals surface area contributed by atoms with E-state index in [4.69, 9.17) is 15.2 Å². The molecule has 2 aromatic carbocycles. The Bertz CT molecular complexity index is 1540. The second-order valence-electron chi connectivity index (χ2n) is 9.77. The zero-order chi connectivity index (χ0) is 25.9. The maximum Gasteiger partial charge on any atom is 0.165 e. The Morgan fingerprint density at radius 3 is 2.74 bits per heavy atom. The second-order valence-corrected chi connectivity index (χ2v) is 9.77. The van der Waals surface area contributed by atoms with Gasteiger partial charge in [0.15, 0.2) is 11.6 Å². The molecular weight excluding hydrogens is 483 g/mol. The van der Waals surface area contributed by atoms with Crippen LogP contribution in [-0.4, -0.2) is 66.7 Å². The van der Waals surface area contributed by atoms with Crippen molar-refractivity contribution in [3.63, 3.8) is 0 Å². The molecule has 9 nitrogen and oxygen atoms in total. The molecule has 5 aromatic rings. The molecule has 0 spiro atoms. The van der Waals surface area contributed by atoms with Gasteiger partial charge in [0.1, 0.15) is 11.3 Å². The highest BCUT2D eigenvalue weighted by molar-refractivity contribution is 5.84. The maximum atomic E-state index is 13.6. The van der Waals surface area contributed by atoms with E-state index in [1.807, 2.05) is 51.9 Å². The number of aliphatic hydroxyl groups is 1. The highest BCUT2D eigenvalue weighted by Gasteiger charge is 2.20. The summed E-state index contributed by atoms with van der Waals surface area (Å²) < 4.78 is 17.4. The minimum absolute atomic E-state index is 0.172. The van der Waals surface area contributed by atoms with Gasteiger partial charge in [-0.15, -0.1) is 0 Å². The van der Waals surface area contributed by atoms with Gasteiger partial charge in [0.2, 0.25) is 0 Å². The van der Waals surface area contributed by atoms with Gasteiger partial charge < -0.3 is 15.7 Å². The Hall–Kier alpha value is -3.86. The minimum Gasteiger partial charge on any atom is -0.395 e. The predicted octanol–water partition coefficient (Wildman–Crippen LogP) is 3.56. The van der Waals surface area contributed by atoms with Gasteiger partial charge in [-0.1, -0.05) is 12.1 Å². The van der Waals surface area contributed by atoms with E-state index < -0.39 is 0 Å². The number of likely N-dealkylation sites (tertiary alicyclic amines) is 1. The van der Waals surface area contributed by atoms with Gasteiger partial charge in [0.25, 0.3) is 0 Å². The Kier molecular flexibility index (Phi) is 7.00. The number of hydrogen-bond donors (Lipinski definition) is 3. The van der Waals surface area contributed by atoms with Gasteiger partial charge in [-0.05, 0) is 60.9 Å². The van der Waals surface area contributed by atoms with Crippen molar-refractivity contribution < 1.29 is 9.50 Å². The average Bonchev–Trinajstić information content (AvgIpc) is 3.55. The van der Waals surface area contributed by atoms with E-state index in [9.17, 15) is 4.39 Å². The number of hydrogen-bond acceptors (Lipinski definition) is 7. The molecule has 196 valence electrons. The number of fused-ring (bicyclic) bond motifs is 2. The lowest BCUT2D eigenvalue weighted by Gasteiger charge is -2.31. The summed E-state index contributed by atoms with van der Waals surface area (Å²) in [6.45, 7) is 3.94. The van der Waals surface area contributed by atoms with Crippen molar-refractivity contribution >= 4 is 27.9 Å². The first-order valence-electron chi connectivity index (χ1n) is 13.0. The van der Waals surface area contributed by atoms with E-state index in [2.05, 4.69) is 26.7 Å². The van der Waals surface area contributed by atoms with Crippen molar-refractivity contribution in [2.24, 2.45) is 0 Å². The number of aromatic nitrogens is 5. The summed E-state index contributed by atoms with van der Waals surface area (Å²) in [5, 5.41) is 26.2. The molecule has 1 aliphatic heterocycles. The lowest BCUT2D eigenvalue weighted by atomic mass is 10.1. The maximum absolute atomic E-state index is 13.6. The van der Waals surface area contributed by atoms with Crippen LogP contribution in [0, 0.1) is 5.82 Å². The zero-order valence-electron chi connectivity index (χ0n) is 21.1. The molecular formula is C28H31FN8O. The Labute approximate surface area is 219 Å². The van der Waals surface area contributed by atoms with Crippen molar-refractivity contribution in [2.45, 2.75) is 32.0 Å². The molecule has 0 aliphatic carbocycles. The molecule has 0 unspecified atom stereocenters. The van der Waals surface area contributed by atoms with E-state index in [1.165, 1.54) is 12.1 Å². The zero-order valence-corrected chi connectivity index (χ0v) is 21.1. The summed E-state index contributed by atoms with van der Waals surface area (Å²) in [5.41, 5.74) is 3.66. The molecule has 3 aromatic heterocycles. The normalized spacial score (nSPS) is 15.0. The number of rotatable bonds is 9. The fourth-order valence-corrected chi connectivity index (χ4v) is 5.14. The number of piperidine rings is 1. The molecule has 10 heteroatoms. The minimum atomic E-state index is -0.245. The van der Waals surface area contributed by atoms with Gasteiger partial charge in [0.05, 0.1) is 31.4 Å². The van der Waals surface area contributed by atoms with Crippen LogP contribution in [0.1, 0.15) is 24.2 Å². The number of halogens is 1. The van der Waals surface area contributed by atoms with Crippen LogP contribution in [-0.2, 0) is 13.1 Å². The number of nitrogens with one attached hydrogen (secondary N) is 2. The van der Waals surface area contributed by atoms with E-state index in [1.54, 1.807) is 6.07 Å². The summed E-state index contributed by atoms with van der Waals surface area (Å²) in [6, 6.07) is 17.1. The SMILES string of the molecule is OCCNC1CCN(Cc2nc(Nc3ccc4c(cnn4Cc4cccc(F)c4)c3)c3cccn3n2)CC1. The average molecular weight is 515 g/mol. The lowest BCUT2D eigenvalue weighted by Crippen LogP contribution is -2.43. The first-order chi connectivity index (χ1) is 18.6. The number of anilines is 2. The fourth-order valence-electron chi connectivity index (χ4n) is 5.14. The Balaban J connectivity index is 1.18. The largest absolute Gasteiger partial charge is 0.395 e. The van der Waals surface area contributed by atoms with Crippen molar-refractivity contribution in [3.8, 4) is 0 Å². The summed E-state index contributed by atoms with van der Waals surface area (Å²) in [7, 11) is 0. The monoisotopic (exact) mass is 514 g/mol. The lowest BCUT2D eigenvalue weighted by molar-refractivity contribution is 0.180. The molecule has 1 saturated heterocycles. The smallest absolute Gasteiger partial charge is 0.165 e. The van der Waals surface area contributed by atoms with Crippen LogP contribution >= 0.6 is 0 Å². The molecule has 4 heterocycles. The Morgan fingerprint density at radius 2 is 1.89 bits per heavy atom. The topological polar surface area (TPSA) is 95.5 Å². The van der Waals surface area contributed by atoms with Crippen LogP contribution in [0.25, 0.3) is 16.4 Å². The predicted molar refractivity (Wildman–Crippen MR) is 145 cm³/mol. The van der Waals surface area contributed by atoms with Gasteiger partial charge >= 0.3 is 0 Å². The van der Waals surface area contributed by atoms with Crippen LogP contribution < -0.4 is 10.6 Å². The second kappa shape index (κ2) is 10.9. The van der Waals surface area contributed by atoms with Gasteiger partial charge in [-0.2, -0.15) is 10.2 Å². The molecule has 0 atom stereocenters. The van der Waals surface area contributed by atoms with Crippen LogP contribution in [0.3, 0.4) is 0 Å². The van der Waals surface area contributed by atoms with Crippen LogP contribution in [0.5, 0.6) is 0 Å². The van der Waals surface area contributed by atoms with Gasteiger partial charge in [-0.25, -0.2) is 13.9 Å².